The fraction of sp³-hybridized carbons (Fsp3) is 0.0833. The molecule has 0 radical (unpaired) electrons. The Morgan fingerprint density at radius 3 is 2.72 bits per heavy atom. The van der Waals surface area contributed by atoms with Gasteiger partial charge in [0.25, 0.3) is 5.91 Å². The zero-order chi connectivity index (χ0) is 13.1. The molecule has 0 bridgehead atoms. The van der Waals surface area contributed by atoms with Crippen molar-refractivity contribution in [2.45, 2.75) is 6.54 Å². The zero-order valence-electron chi connectivity index (χ0n) is 9.04. The number of halogens is 3. The molecule has 0 saturated heterocycles. The number of amides is 1. The summed E-state index contributed by atoms with van der Waals surface area (Å²) in [4.78, 5) is 12.8. The van der Waals surface area contributed by atoms with E-state index in [1.165, 1.54) is 17.4 Å². The van der Waals surface area contributed by atoms with Crippen molar-refractivity contribution in [1.82, 2.24) is 5.32 Å². The molecular weight excluding hydrogens is 385 g/mol. The highest BCUT2D eigenvalue weighted by molar-refractivity contribution is 9.10. The Morgan fingerprint density at radius 2 is 2.06 bits per heavy atom. The molecule has 2 rings (SSSR count). The van der Waals surface area contributed by atoms with E-state index in [0.29, 0.717) is 6.54 Å². The van der Waals surface area contributed by atoms with Crippen LogP contribution < -0.4 is 5.32 Å². The maximum Gasteiger partial charge on any atom is 0.254 e. The Morgan fingerprint density at radius 1 is 1.28 bits per heavy atom. The molecule has 0 aliphatic carbocycles. The number of hydrogen-bond acceptors (Lipinski definition) is 2. The van der Waals surface area contributed by atoms with Gasteiger partial charge in [0.15, 0.2) is 0 Å². The van der Waals surface area contributed by atoms with Gasteiger partial charge in [0.05, 0.1) is 16.6 Å². The van der Waals surface area contributed by atoms with E-state index < -0.39 is 11.7 Å². The summed E-state index contributed by atoms with van der Waals surface area (Å²) in [5.74, 6) is -0.964. The molecular formula is C12H8Br2FNOS. The molecule has 2 aromatic rings. The van der Waals surface area contributed by atoms with Crippen LogP contribution in [0.4, 0.5) is 4.39 Å². The molecule has 0 atom stereocenters. The zero-order valence-corrected chi connectivity index (χ0v) is 13.0. The minimum atomic E-state index is -0.541. The predicted octanol–water partition coefficient (Wildman–Crippen LogP) is 4.34. The van der Waals surface area contributed by atoms with Crippen molar-refractivity contribution in [1.29, 1.82) is 0 Å². The first-order valence-electron chi connectivity index (χ1n) is 5.03. The van der Waals surface area contributed by atoms with E-state index in [0.717, 1.165) is 9.35 Å². The van der Waals surface area contributed by atoms with Crippen molar-refractivity contribution in [2.75, 3.05) is 0 Å². The van der Waals surface area contributed by atoms with Crippen molar-refractivity contribution in [3.63, 3.8) is 0 Å². The minimum absolute atomic E-state index is 0.0389. The molecule has 94 valence electrons. The first kappa shape index (κ1) is 13.7. The van der Waals surface area contributed by atoms with Crippen molar-refractivity contribution < 1.29 is 9.18 Å². The van der Waals surface area contributed by atoms with Gasteiger partial charge in [0.1, 0.15) is 5.82 Å². The SMILES string of the molecule is O=C(NCc1sccc1Br)c1cccc(Br)c1F. The summed E-state index contributed by atoms with van der Waals surface area (Å²) in [5, 5.41) is 4.61. The highest BCUT2D eigenvalue weighted by Gasteiger charge is 2.14. The van der Waals surface area contributed by atoms with E-state index in [1.807, 2.05) is 11.4 Å². The van der Waals surface area contributed by atoms with E-state index in [4.69, 9.17) is 0 Å². The fourth-order valence-corrected chi connectivity index (χ4v) is 3.18. The van der Waals surface area contributed by atoms with Gasteiger partial charge >= 0.3 is 0 Å². The standard InChI is InChI=1S/C12H8Br2FNOS/c13-8-4-5-18-10(8)6-16-12(17)7-2-1-3-9(14)11(7)15/h1-5H,6H2,(H,16,17). The number of hydrogen-bond donors (Lipinski definition) is 1. The maximum absolute atomic E-state index is 13.7. The van der Waals surface area contributed by atoms with Crippen LogP contribution in [0.3, 0.4) is 0 Å². The molecule has 0 aliphatic heterocycles. The second-order valence-corrected chi connectivity index (χ2v) is 6.19. The van der Waals surface area contributed by atoms with Gasteiger partial charge in [-0.2, -0.15) is 0 Å². The van der Waals surface area contributed by atoms with E-state index in [9.17, 15) is 9.18 Å². The third-order valence-electron chi connectivity index (χ3n) is 2.30. The summed E-state index contributed by atoms with van der Waals surface area (Å²) in [5.41, 5.74) is 0.0389. The molecule has 6 heteroatoms. The Kier molecular flexibility index (Phi) is 4.53. The summed E-state index contributed by atoms with van der Waals surface area (Å²) in [6, 6.07) is 6.55. The molecule has 18 heavy (non-hydrogen) atoms. The van der Waals surface area contributed by atoms with Crippen molar-refractivity contribution in [3.8, 4) is 0 Å². The van der Waals surface area contributed by atoms with Gasteiger partial charge in [-0.05, 0) is 55.4 Å². The summed E-state index contributed by atoms with van der Waals surface area (Å²) < 4.78 is 14.9. The number of carbonyl (C=O) groups excluding carboxylic acids is 1. The van der Waals surface area contributed by atoms with Gasteiger partial charge in [-0.3, -0.25) is 4.79 Å². The van der Waals surface area contributed by atoms with Gasteiger partial charge in [0, 0.05) is 9.35 Å². The van der Waals surface area contributed by atoms with Gasteiger partial charge in [-0.1, -0.05) is 6.07 Å². The lowest BCUT2D eigenvalue weighted by Gasteiger charge is -2.06. The van der Waals surface area contributed by atoms with E-state index >= 15 is 0 Å². The molecule has 0 aliphatic rings. The molecule has 1 N–H and O–H groups in total. The molecule has 1 aromatic heterocycles. The van der Waals surface area contributed by atoms with Crippen LogP contribution in [0.2, 0.25) is 0 Å². The minimum Gasteiger partial charge on any atom is -0.347 e. The van der Waals surface area contributed by atoms with Crippen LogP contribution >= 0.6 is 43.2 Å². The Bertz CT molecular complexity index is 585. The predicted molar refractivity (Wildman–Crippen MR) is 77.3 cm³/mol. The molecule has 0 fully saturated rings. The van der Waals surface area contributed by atoms with Crippen LogP contribution in [0, 0.1) is 5.82 Å². The molecule has 1 heterocycles. The van der Waals surface area contributed by atoms with Crippen LogP contribution in [-0.2, 0) is 6.54 Å². The summed E-state index contributed by atoms with van der Waals surface area (Å²) in [6.07, 6.45) is 0. The molecule has 0 unspecified atom stereocenters. The van der Waals surface area contributed by atoms with Crippen LogP contribution in [0.25, 0.3) is 0 Å². The van der Waals surface area contributed by atoms with E-state index in [-0.39, 0.29) is 10.0 Å². The average molecular weight is 393 g/mol. The number of thiophene rings is 1. The van der Waals surface area contributed by atoms with Gasteiger partial charge in [-0.15, -0.1) is 11.3 Å². The topological polar surface area (TPSA) is 29.1 Å². The van der Waals surface area contributed by atoms with Crippen LogP contribution in [0.1, 0.15) is 15.2 Å². The second-order valence-electron chi connectivity index (χ2n) is 3.48. The monoisotopic (exact) mass is 391 g/mol. The largest absolute Gasteiger partial charge is 0.347 e. The van der Waals surface area contributed by atoms with Gasteiger partial charge in [-0.25, -0.2) is 4.39 Å². The summed E-state index contributed by atoms with van der Waals surface area (Å²) >= 11 is 7.96. The van der Waals surface area contributed by atoms with Crippen molar-refractivity contribution in [2.24, 2.45) is 0 Å². The van der Waals surface area contributed by atoms with E-state index in [1.54, 1.807) is 12.1 Å². The third kappa shape index (κ3) is 2.99. The highest BCUT2D eigenvalue weighted by atomic mass is 79.9. The number of rotatable bonds is 3. The molecule has 1 amide bonds. The van der Waals surface area contributed by atoms with Crippen molar-refractivity contribution in [3.05, 3.63) is 54.8 Å². The Labute approximate surface area is 124 Å². The third-order valence-corrected chi connectivity index (χ3v) is 4.84. The second kappa shape index (κ2) is 5.95. The molecule has 0 saturated carbocycles. The first-order chi connectivity index (χ1) is 8.59. The molecule has 1 aromatic carbocycles. The van der Waals surface area contributed by atoms with Crippen molar-refractivity contribution >= 4 is 49.1 Å². The highest BCUT2D eigenvalue weighted by Crippen LogP contribution is 2.23. The van der Waals surface area contributed by atoms with Crippen LogP contribution in [0.15, 0.2) is 38.6 Å². The lowest BCUT2D eigenvalue weighted by molar-refractivity contribution is 0.0947. The number of nitrogens with one attached hydrogen (secondary N) is 1. The normalized spacial score (nSPS) is 10.4. The van der Waals surface area contributed by atoms with Gasteiger partial charge in [0.2, 0.25) is 0 Å². The smallest absolute Gasteiger partial charge is 0.254 e. The fourth-order valence-electron chi connectivity index (χ4n) is 1.39. The molecule has 0 spiro atoms. The Balaban J connectivity index is 2.09. The number of benzene rings is 1. The van der Waals surface area contributed by atoms with Crippen LogP contribution in [0.5, 0.6) is 0 Å². The van der Waals surface area contributed by atoms with Crippen LogP contribution in [-0.4, -0.2) is 5.91 Å². The average Bonchev–Trinajstić information content (AvgIpc) is 2.75. The quantitative estimate of drug-likeness (QED) is 0.826. The lowest BCUT2D eigenvalue weighted by Crippen LogP contribution is -2.23. The molecule has 2 nitrogen and oxygen atoms in total. The lowest BCUT2D eigenvalue weighted by atomic mass is 10.2. The first-order valence-corrected chi connectivity index (χ1v) is 7.50. The maximum atomic E-state index is 13.7. The van der Waals surface area contributed by atoms with Gasteiger partial charge < -0.3 is 5.32 Å². The summed E-state index contributed by atoms with van der Waals surface area (Å²) in [7, 11) is 0. The number of carbonyl (C=O) groups is 1. The Hall–Kier alpha value is -0.720. The van der Waals surface area contributed by atoms with E-state index in [2.05, 4.69) is 37.2 Å². The summed E-state index contributed by atoms with van der Waals surface area (Å²) in [6.45, 7) is 0.378.